The Morgan fingerprint density at radius 2 is 1.85 bits per heavy atom. The minimum absolute atomic E-state index is 0.219. The van der Waals surface area contributed by atoms with Gasteiger partial charge in [-0.1, -0.05) is 28.1 Å². The lowest BCUT2D eigenvalue weighted by atomic mass is 10.1. The van der Waals surface area contributed by atoms with Crippen LogP contribution in [0.4, 0.5) is 15.2 Å². The van der Waals surface area contributed by atoms with E-state index in [-0.39, 0.29) is 5.82 Å². The highest BCUT2D eigenvalue weighted by Gasteiger charge is 2.26. The van der Waals surface area contributed by atoms with E-state index < -0.39 is 0 Å². The van der Waals surface area contributed by atoms with Gasteiger partial charge < -0.3 is 9.80 Å². The normalized spacial score (nSPS) is 17.4. The van der Waals surface area contributed by atoms with E-state index in [4.69, 9.17) is 4.98 Å². The van der Waals surface area contributed by atoms with E-state index in [1.165, 1.54) is 29.4 Å². The van der Waals surface area contributed by atoms with Crippen LogP contribution in [0.3, 0.4) is 0 Å². The Kier molecular flexibility index (Phi) is 5.41. The minimum Gasteiger partial charge on any atom is -0.365 e. The molecule has 4 nitrogen and oxygen atoms in total. The number of halogens is 2. The van der Waals surface area contributed by atoms with E-state index in [0.29, 0.717) is 12.5 Å². The number of hydrogen-bond acceptors (Lipinski definition) is 5. The zero-order valence-electron chi connectivity index (χ0n) is 15.0. The molecule has 2 heterocycles. The summed E-state index contributed by atoms with van der Waals surface area (Å²) in [5.74, 6) is 0.577. The van der Waals surface area contributed by atoms with Crippen LogP contribution in [0, 0.1) is 5.82 Å². The molecule has 1 aliphatic heterocycles. The summed E-state index contributed by atoms with van der Waals surface area (Å²) in [4.78, 5) is 9.46. The number of anilines is 2. The topological polar surface area (TPSA) is 32.3 Å². The van der Waals surface area contributed by atoms with Crippen LogP contribution in [0.5, 0.6) is 0 Å². The van der Waals surface area contributed by atoms with Crippen molar-refractivity contribution in [3.8, 4) is 0 Å². The Hall–Kier alpha value is -1.99. The van der Waals surface area contributed by atoms with Crippen molar-refractivity contribution >= 4 is 38.3 Å². The molecular weight excluding hydrogens is 427 g/mol. The van der Waals surface area contributed by atoms with Gasteiger partial charge in [0.05, 0.1) is 0 Å². The van der Waals surface area contributed by atoms with E-state index >= 15 is 0 Å². The average Bonchev–Trinajstić information content (AvgIpc) is 3.13. The number of nitrogens with zero attached hydrogens (tertiary/aromatic N) is 4. The molecule has 1 saturated heterocycles. The summed E-state index contributed by atoms with van der Waals surface area (Å²) in [6, 6.07) is 15.4. The molecule has 2 aromatic carbocycles. The summed E-state index contributed by atoms with van der Waals surface area (Å²) in [5.41, 5.74) is 2.27. The molecule has 1 fully saturated rings. The van der Waals surface area contributed by atoms with E-state index in [9.17, 15) is 4.39 Å². The third-order valence-electron chi connectivity index (χ3n) is 4.79. The maximum atomic E-state index is 13.0. The van der Waals surface area contributed by atoms with Crippen LogP contribution in [-0.4, -0.2) is 35.0 Å². The lowest BCUT2D eigenvalue weighted by molar-refractivity contribution is 0.550. The Balaban J connectivity index is 1.41. The van der Waals surface area contributed by atoms with E-state index in [2.05, 4.69) is 61.3 Å². The molecule has 0 spiro atoms. The van der Waals surface area contributed by atoms with Crippen LogP contribution in [0.1, 0.15) is 18.3 Å². The molecule has 1 unspecified atom stereocenters. The molecule has 3 aromatic rings. The number of piperazine rings is 1. The molecule has 1 aromatic heterocycles. The zero-order chi connectivity index (χ0) is 18.8. The van der Waals surface area contributed by atoms with Gasteiger partial charge in [0, 0.05) is 53.8 Å². The second-order valence-electron chi connectivity index (χ2n) is 6.76. The summed E-state index contributed by atoms with van der Waals surface area (Å²) in [6.45, 7) is 5.04. The van der Waals surface area contributed by atoms with Crippen LogP contribution in [-0.2, 0) is 6.42 Å². The van der Waals surface area contributed by atoms with Gasteiger partial charge in [-0.25, -0.2) is 9.37 Å². The zero-order valence-corrected chi connectivity index (χ0v) is 17.4. The molecular formula is C20H20BrFN4S. The molecule has 27 heavy (non-hydrogen) atoms. The first-order valence-electron chi connectivity index (χ1n) is 8.93. The summed E-state index contributed by atoms with van der Waals surface area (Å²) in [5, 5.41) is 0.967. The summed E-state index contributed by atoms with van der Waals surface area (Å²) < 4.78 is 18.6. The van der Waals surface area contributed by atoms with Gasteiger partial charge in [0.2, 0.25) is 5.13 Å². The maximum Gasteiger partial charge on any atom is 0.205 e. The molecule has 0 aliphatic carbocycles. The van der Waals surface area contributed by atoms with Crippen molar-refractivity contribution in [3.05, 3.63) is 70.2 Å². The lowest BCUT2D eigenvalue weighted by Crippen LogP contribution is -2.52. The van der Waals surface area contributed by atoms with Crippen molar-refractivity contribution in [2.24, 2.45) is 0 Å². The van der Waals surface area contributed by atoms with E-state index in [1.54, 1.807) is 12.1 Å². The van der Waals surface area contributed by atoms with Gasteiger partial charge in [-0.3, -0.25) is 0 Å². The summed E-state index contributed by atoms with van der Waals surface area (Å²) in [6.07, 6.45) is 0.630. The van der Waals surface area contributed by atoms with Gasteiger partial charge >= 0.3 is 0 Å². The standard InChI is InChI=1S/C20H20BrFN4S/c1-14-13-25(10-11-26(14)18-8-4-16(21)5-9-18)20-23-19(24-27-20)12-15-2-6-17(22)7-3-15/h2-9,14H,10-13H2,1H3. The molecule has 0 saturated carbocycles. The molecule has 4 rings (SSSR count). The van der Waals surface area contributed by atoms with Gasteiger partial charge in [-0.2, -0.15) is 4.37 Å². The van der Waals surface area contributed by atoms with Crippen molar-refractivity contribution in [3.63, 3.8) is 0 Å². The van der Waals surface area contributed by atoms with E-state index in [0.717, 1.165) is 40.6 Å². The fourth-order valence-corrected chi connectivity index (χ4v) is 4.36. The van der Waals surface area contributed by atoms with E-state index in [1.807, 2.05) is 0 Å². The van der Waals surface area contributed by atoms with Crippen molar-refractivity contribution in [2.45, 2.75) is 19.4 Å². The molecule has 0 amide bonds. The maximum absolute atomic E-state index is 13.0. The molecule has 0 N–H and O–H groups in total. The van der Waals surface area contributed by atoms with Crippen LogP contribution >= 0.6 is 27.5 Å². The first-order chi connectivity index (χ1) is 13.1. The second kappa shape index (κ2) is 7.94. The number of hydrogen-bond donors (Lipinski definition) is 0. The molecule has 0 bridgehead atoms. The second-order valence-corrected chi connectivity index (χ2v) is 8.41. The van der Waals surface area contributed by atoms with Gasteiger partial charge in [0.25, 0.3) is 0 Å². The average molecular weight is 447 g/mol. The fourth-order valence-electron chi connectivity index (χ4n) is 3.38. The Morgan fingerprint density at radius 1 is 1.11 bits per heavy atom. The van der Waals surface area contributed by atoms with Crippen molar-refractivity contribution in [1.29, 1.82) is 0 Å². The molecule has 1 aliphatic rings. The predicted octanol–water partition coefficient (Wildman–Crippen LogP) is 4.75. The first kappa shape index (κ1) is 18.4. The lowest BCUT2D eigenvalue weighted by Gasteiger charge is -2.41. The quantitative estimate of drug-likeness (QED) is 0.578. The number of rotatable bonds is 4. The van der Waals surface area contributed by atoms with Crippen LogP contribution < -0.4 is 9.80 Å². The fraction of sp³-hybridized carbons (Fsp3) is 0.300. The molecule has 1 atom stereocenters. The smallest absolute Gasteiger partial charge is 0.205 e. The summed E-state index contributed by atoms with van der Waals surface area (Å²) in [7, 11) is 0. The predicted molar refractivity (Wildman–Crippen MR) is 112 cm³/mol. The highest BCUT2D eigenvalue weighted by atomic mass is 79.9. The Bertz CT molecular complexity index is 897. The Labute approximate surface area is 171 Å². The van der Waals surface area contributed by atoms with Crippen LogP contribution in [0.2, 0.25) is 0 Å². The van der Waals surface area contributed by atoms with Crippen molar-refractivity contribution in [1.82, 2.24) is 9.36 Å². The SMILES string of the molecule is CC1CN(c2nc(Cc3ccc(F)cc3)ns2)CCN1c1ccc(Br)cc1. The van der Waals surface area contributed by atoms with Gasteiger partial charge in [-0.15, -0.1) is 0 Å². The van der Waals surface area contributed by atoms with Gasteiger partial charge in [0.1, 0.15) is 11.6 Å². The van der Waals surface area contributed by atoms with Crippen LogP contribution in [0.25, 0.3) is 0 Å². The summed E-state index contributed by atoms with van der Waals surface area (Å²) >= 11 is 4.94. The highest BCUT2D eigenvalue weighted by molar-refractivity contribution is 9.10. The Morgan fingerprint density at radius 3 is 2.56 bits per heavy atom. The first-order valence-corrected chi connectivity index (χ1v) is 10.5. The van der Waals surface area contributed by atoms with Crippen LogP contribution in [0.15, 0.2) is 53.0 Å². The monoisotopic (exact) mass is 446 g/mol. The molecule has 7 heteroatoms. The minimum atomic E-state index is -0.219. The van der Waals surface area contributed by atoms with Crippen molar-refractivity contribution in [2.75, 3.05) is 29.4 Å². The third-order valence-corrected chi connectivity index (χ3v) is 6.13. The number of aromatic nitrogens is 2. The highest BCUT2D eigenvalue weighted by Crippen LogP contribution is 2.26. The van der Waals surface area contributed by atoms with Gasteiger partial charge in [-0.05, 0) is 48.9 Å². The molecule has 0 radical (unpaired) electrons. The number of benzene rings is 2. The molecule has 140 valence electrons. The third kappa shape index (κ3) is 4.30. The van der Waals surface area contributed by atoms with Gasteiger partial charge in [0.15, 0.2) is 0 Å². The van der Waals surface area contributed by atoms with Crippen molar-refractivity contribution < 1.29 is 4.39 Å². The largest absolute Gasteiger partial charge is 0.365 e.